The quantitative estimate of drug-likeness (QED) is 0.933. The van der Waals surface area contributed by atoms with E-state index in [0.717, 1.165) is 23.6 Å². The summed E-state index contributed by atoms with van der Waals surface area (Å²) in [7, 11) is 0. The molecule has 0 atom stereocenters. The maximum absolute atomic E-state index is 12.6. The summed E-state index contributed by atoms with van der Waals surface area (Å²) in [4.78, 5) is 12.6. The van der Waals surface area contributed by atoms with Crippen LogP contribution in [0.4, 0.5) is 0 Å². The van der Waals surface area contributed by atoms with Gasteiger partial charge in [0.25, 0.3) is 5.91 Å². The summed E-state index contributed by atoms with van der Waals surface area (Å²) < 4.78 is 1.85. The highest BCUT2D eigenvalue weighted by atomic mass is 16.1. The van der Waals surface area contributed by atoms with Gasteiger partial charge in [-0.05, 0) is 44.7 Å². The average molecular weight is 311 g/mol. The van der Waals surface area contributed by atoms with Gasteiger partial charge < -0.3 is 5.32 Å². The normalized spacial score (nSPS) is 15.6. The first-order chi connectivity index (χ1) is 11.2. The Labute approximate surface area is 137 Å². The predicted octanol–water partition coefficient (Wildman–Crippen LogP) is 3.80. The number of carbonyl (C=O) groups excluding carboxylic acids is 1. The molecule has 1 N–H and O–H groups in total. The van der Waals surface area contributed by atoms with E-state index in [1.807, 2.05) is 48.9 Å². The number of carbonyl (C=O) groups is 1. The molecule has 0 radical (unpaired) electrons. The fourth-order valence-electron chi connectivity index (χ4n) is 3.51. The fraction of sp³-hybridized carbons (Fsp3) is 0.474. The van der Waals surface area contributed by atoms with Crippen molar-refractivity contribution in [1.29, 1.82) is 0 Å². The summed E-state index contributed by atoms with van der Waals surface area (Å²) in [6.45, 7) is 4.65. The number of aryl methyl sites for hydroxylation is 1. The molecular formula is C19H25N3O. The monoisotopic (exact) mass is 311 g/mol. The molecule has 1 saturated carbocycles. The van der Waals surface area contributed by atoms with E-state index >= 15 is 0 Å². The molecule has 1 heterocycles. The second kappa shape index (κ2) is 6.99. The van der Waals surface area contributed by atoms with Crippen molar-refractivity contribution in [3.63, 3.8) is 0 Å². The van der Waals surface area contributed by atoms with E-state index in [2.05, 4.69) is 10.4 Å². The van der Waals surface area contributed by atoms with Crippen molar-refractivity contribution in [3.05, 3.63) is 47.3 Å². The summed E-state index contributed by atoms with van der Waals surface area (Å²) in [5, 5.41) is 7.67. The summed E-state index contributed by atoms with van der Waals surface area (Å²) in [6.07, 6.45) is 6.41. The standard InChI is InChI=1S/C19H25N3O/c1-14-18(19(23)20-13-16-9-5-3-6-10-16)15(2)22(21-14)17-11-7-4-8-12-17/h4,7-8,11-12,16H,3,5-6,9-10,13H2,1-2H3,(H,20,23). The lowest BCUT2D eigenvalue weighted by molar-refractivity contribution is 0.0942. The lowest BCUT2D eigenvalue weighted by atomic mass is 9.89. The van der Waals surface area contributed by atoms with Crippen LogP contribution < -0.4 is 5.32 Å². The zero-order valence-electron chi connectivity index (χ0n) is 14.0. The Hall–Kier alpha value is -2.10. The molecule has 2 aromatic rings. The van der Waals surface area contributed by atoms with Crippen LogP contribution >= 0.6 is 0 Å². The molecule has 1 aliphatic carbocycles. The van der Waals surface area contributed by atoms with Crippen LogP contribution in [0.25, 0.3) is 5.69 Å². The highest BCUT2D eigenvalue weighted by Crippen LogP contribution is 2.23. The van der Waals surface area contributed by atoms with Gasteiger partial charge in [0.2, 0.25) is 0 Å². The molecule has 1 aromatic heterocycles. The number of nitrogens with one attached hydrogen (secondary N) is 1. The van der Waals surface area contributed by atoms with Crippen LogP contribution in [0.1, 0.15) is 53.8 Å². The van der Waals surface area contributed by atoms with Crippen LogP contribution in [0.3, 0.4) is 0 Å². The maximum Gasteiger partial charge on any atom is 0.255 e. The van der Waals surface area contributed by atoms with Crippen molar-refractivity contribution in [2.24, 2.45) is 5.92 Å². The minimum atomic E-state index is 0.00718. The fourth-order valence-corrected chi connectivity index (χ4v) is 3.51. The van der Waals surface area contributed by atoms with Gasteiger partial charge in [-0.25, -0.2) is 4.68 Å². The Morgan fingerprint density at radius 2 is 1.87 bits per heavy atom. The van der Waals surface area contributed by atoms with Gasteiger partial charge in [-0.2, -0.15) is 5.10 Å². The molecule has 1 aliphatic rings. The van der Waals surface area contributed by atoms with Crippen LogP contribution in [0.15, 0.2) is 30.3 Å². The molecule has 1 aromatic carbocycles. The maximum atomic E-state index is 12.6. The van der Waals surface area contributed by atoms with Crippen molar-refractivity contribution in [1.82, 2.24) is 15.1 Å². The molecule has 0 aliphatic heterocycles. The molecule has 1 fully saturated rings. The number of amides is 1. The lowest BCUT2D eigenvalue weighted by Crippen LogP contribution is -2.30. The summed E-state index contributed by atoms with van der Waals surface area (Å²) in [5.41, 5.74) is 3.38. The Bertz CT molecular complexity index is 669. The first kappa shape index (κ1) is 15.8. The number of nitrogens with zero attached hydrogens (tertiary/aromatic N) is 2. The van der Waals surface area contributed by atoms with Gasteiger partial charge >= 0.3 is 0 Å². The second-order valence-corrected chi connectivity index (χ2v) is 6.51. The molecule has 4 nitrogen and oxygen atoms in total. The van der Waals surface area contributed by atoms with Crippen LogP contribution in [0, 0.1) is 19.8 Å². The van der Waals surface area contributed by atoms with Crippen molar-refractivity contribution in [3.8, 4) is 5.69 Å². The second-order valence-electron chi connectivity index (χ2n) is 6.51. The van der Waals surface area contributed by atoms with Crippen LogP contribution in [0.5, 0.6) is 0 Å². The van der Waals surface area contributed by atoms with Gasteiger partial charge in [-0.15, -0.1) is 0 Å². The Morgan fingerprint density at radius 3 is 2.57 bits per heavy atom. The molecule has 0 unspecified atom stereocenters. The summed E-state index contributed by atoms with van der Waals surface area (Å²) >= 11 is 0. The topological polar surface area (TPSA) is 46.9 Å². The summed E-state index contributed by atoms with van der Waals surface area (Å²) in [6, 6.07) is 9.95. The lowest BCUT2D eigenvalue weighted by Gasteiger charge is -2.21. The minimum Gasteiger partial charge on any atom is -0.352 e. The molecule has 122 valence electrons. The molecule has 0 saturated heterocycles. The van der Waals surface area contributed by atoms with Crippen LogP contribution in [-0.4, -0.2) is 22.2 Å². The van der Waals surface area contributed by atoms with Gasteiger partial charge in [0.05, 0.1) is 22.6 Å². The number of para-hydroxylation sites is 1. The van der Waals surface area contributed by atoms with Gasteiger partial charge in [0, 0.05) is 6.54 Å². The Morgan fingerprint density at radius 1 is 1.17 bits per heavy atom. The van der Waals surface area contributed by atoms with E-state index in [9.17, 15) is 4.79 Å². The largest absolute Gasteiger partial charge is 0.352 e. The molecule has 23 heavy (non-hydrogen) atoms. The van der Waals surface area contributed by atoms with Gasteiger partial charge in [-0.1, -0.05) is 37.5 Å². The van der Waals surface area contributed by atoms with Crippen LogP contribution in [0.2, 0.25) is 0 Å². The number of aromatic nitrogens is 2. The SMILES string of the molecule is Cc1nn(-c2ccccc2)c(C)c1C(=O)NCC1CCCCC1. The van der Waals surface area contributed by atoms with Crippen molar-refractivity contribution in [2.75, 3.05) is 6.54 Å². The third kappa shape index (κ3) is 3.46. The van der Waals surface area contributed by atoms with Gasteiger partial charge in [0.15, 0.2) is 0 Å². The van der Waals surface area contributed by atoms with Gasteiger partial charge in [-0.3, -0.25) is 4.79 Å². The molecular weight excluding hydrogens is 286 g/mol. The molecule has 3 rings (SSSR count). The Kier molecular flexibility index (Phi) is 4.79. The highest BCUT2D eigenvalue weighted by molar-refractivity contribution is 5.96. The zero-order valence-corrected chi connectivity index (χ0v) is 14.0. The summed E-state index contributed by atoms with van der Waals surface area (Å²) in [5.74, 6) is 0.644. The van der Waals surface area contributed by atoms with E-state index < -0.39 is 0 Å². The highest BCUT2D eigenvalue weighted by Gasteiger charge is 2.21. The predicted molar refractivity (Wildman–Crippen MR) is 91.9 cm³/mol. The number of benzene rings is 1. The molecule has 4 heteroatoms. The van der Waals surface area contributed by atoms with Crippen molar-refractivity contribution < 1.29 is 4.79 Å². The van der Waals surface area contributed by atoms with E-state index in [4.69, 9.17) is 0 Å². The van der Waals surface area contributed by atoms with Gasteiger partial charge in [0.1, 0.15) is 0 Å². The smallest absolute Gasteiger partial charge is 0.255 e. The number of rotatable bonds is 4. The van der Waals surface area contributed by atoms with E-state index in [1.54, 1.807) is 0 Å². The molecule has 0 spiro atoms. The first-order valence-electron chi connectivity index (χ1n) is 8.56. The first-order valence-corrected chi connectivity index (χ1v) is 8.56. The number of hydrogen-bond donors (Lipinski definition) is 1. The molecule has 0 bridgehead atoms. The number of hydrogen-bond acceptors (Lipinski definition) is 2. The minimum absolute atomic E-state index is 0.00718. The third-order valence-electron chi connectivity index (χ3n) is 4.80. The van der Waals surface area contributed by atoms with E-state index in [-0.39, 0.29) is 5.91 Å². The van der Waals surface area contributed by atoms with Crippen molar-refractivity contribution >= 4 is 5.91 Å². The van der Waals surface area contributed by atoms with Crippen molar-refractivity contribution in [2.45, 2.75) is 46.0 Å². The van der Waals surface area contributed by atoms with Crippen LogP contribution in [-0.2, 0) is 0 Å². The van der Waals surface area contributed by atoms with E-state index in [0.29, 0.717) is 11.5 Å². The third-order valence-corrected chi connectivity index (χ3v) is 4.80. The van der Waals surface area contributed by atoms with E-state index in [1.165, 1.54) is 32.1 Å². The molecule has 1 amide bonds. The Balaban J connectivity index is 1.74. The zero-order chi connectivity index (χ0) is 16.2. The average Bonchev–Trinajstić information content (AvgIpc) is 2.89.